The minimum absolute atomic E-state index is 0.0998. The molecule has 1 aromatic heterocycles. The lowest BCUT2D eigenvalue weighted by atomic mass is 10.1. The number of methoxy groups -OCH3 is 1. The van der Waals surface area contributed by atoms with Crippen LogP contribution in [0.3, 0.4) is 0 Å². The van der Waals surface area contributed by atoms with Crippen molar-refractivity contribution < 1.29 is 23.7 Å². The molecule has 2 rings (SSSR count). The molecule has 0 saturated carbocycles. The highest BCUT2D eigenvalue weighted by Crippen LogP contribution is 2.22. The predicted octanol–water partition coefficient (Wildman–Crippen LogP) is 0.823. The van der Waals surface area contributed by atoms with Crippen LogP contribution < -0.4 is 0 Å². The molecule has 0 N–H and O–H groups in total. The molecule has 0 bridgehead atoms. The van der Waals surface area contributed by atoms with Gasteiger partial charge in [-0.05, 0) is 12.5 Å². The Morgan fingerprint density at radius 2 is 2.26 bits per heavy atom. The van der Waals surface area contributed by atoms with E-state index in [4.69, 9.17) is 4.42 Å². The monoisotopic (exact) mass is 268 g/mol. The third-order valence-corrected chi connectivity index (χ3v) is 2.99. The van der Waals surface area contributed by atoms with Crippen molar-refractivity contribution in [3.63, 3.8) is 0 Å². The van der Waals surface area contributed by atoms with Gasteiger partial charge in [0.1, 0.15) is 4.92 Å². The molecule has 1 aromatic rings. The lowest BCUT2D eigenvalue weighted by molar-refractivity contribution is -0.402. The maximum Gasteiger partial charge on any atom is 0.433 e. The Morgan fingerprint density at radius 1 is 1.53 bits per heavy atom. The van der Waals surface area contributed by atoms with Gasteiger partial charge in [0.15, 0.2) is 5.76 Å². The third-order valence-electron chi connectivity index (χ3n) is 2.99. The SMILES string of the molecule is COC(=O)C1CCN(C(=O)c2ccc([N+](=O)[O-])o2)C1. The van der Waals surface area contributed by atoms with Gasteiger partial charge < -0.3 is 14.1 Å². The molecule has 0 radical (unpaired) electrons. The number of nitro groups is 1. The molecule has 1 unspecified atom stereocenters. The second-order valence-corrected chi connectivity index (χ2v) is 4.15. The Kier molecular flexibility index (Phi) is 3.50. The molecule has 1 aliphatic rings. The normalized spacial score (nSPS) is 18.4. The van der Waals surface area contributed by atoms with E-state index in [1.807, 2.05) is 0 Å². The van der Waals surface area contributed by atoms with Gasteiger partial charge in [-0.15, -0.1) is 0 Å². The van der Waals surface area contributed by atoms with Crippen LogP contribution in [0, 0.1) is 16.0 Å². The number of carbonyl (C=O) groups excluding carboxylic acids is 2. The lowest BCUT2D eigenvalue weighted by Gasteiger charge is -2.13. The summed E-state index contributed by atoms with van der Waals surface area (Å²) in [4.78, 5) is 34.5. The minimum atomic E-state index is -0.710. The standard InChI is InChI=1S/C11H12N2O6/c1-18-11(15)7-4-5-12(6-7)10(14)8-2-3-9(19-8)13(16)17/h2-3,7H,4-6H2,1H3. The molecule has 8 heteroatoms. The van der Waals surface area contributed by atoms with Gasteiger partial charge in [-0.25, -0.2) is 0 Å². The number of esters is 1. The van der Waals surface area contributed by atoms with Crippen molar-refractivity contribution in [2.75, 3.05) is 20.2 Å². The minimum Gasteiger partial charge on any atom is -0.469 e. The number of nitrogens with zero attached hydrogens (tertiary/aromatic N) is 2. The van der Waals surface area contributed by atoms with Crippen LogP contribution in [0.15, 0.2) is 16.5 Å². The maximum atomic E-state index is 12.0. The third kappa shape index (κ3) is 2.56. The molecule has 1 atom stereocenters. The number of ether oxygens (including phenoxy) is 1. The molecule has 1 amide bonds. The summed E-state index contributed by atoms with van der Waals surface area (Å²) in [6.45, 7) is 0.632. The Balaban J connectivity index is 2.04. The van der Waals surface area contributed by atoms with Crippen molar-refractivity contribution in [1.29, 1.82) is 0 Å². The van der Waals surface area contributed by atoms with Crippen LogP contribution in [-0.2, 0) is 9.53 Å². The van der Waals surface area contributed by atoms with Crippen LogP contribution in [0.4, 0.5) is 5.88 Å². The first-order valence-corrected chi connectivity index (χ1v) is 5.64. The van der Waals surface area contributed by atoms with Crippen molar-refractivity contribution in [2.24, 2.45) is 5.92 Å². The Labute approximate surface area is 108 Å². The van der Waals surface area contributed by atoms with Gasteiger partial charge in [0.25, 0.3) is 5.91 Å². The number of rotatable bonds is 3. The Bertz CT molecular complexity index is 523. The fourth-order valence-corrected chi connectivity index (χ4v) is 2.00. The van der Waals surface area contributed by atoms with Crippen molar-refractivity contribution in [3.05, 3.63) is 28.0 Å². The van der Waals surface area contributed by atoms with Crippen LogP contribution in [0.1, 0.15) is 17.0 Å². The topological polar surface area (TPSA) is 103 Å². The maximum absolute atomic E-state index is 12.0. The average molecular weight is 268 g/mol. The quantitative estimate of drug-likeness (QED) is 0.457. The molecule has 1 saturated heterocycles. The first-order chi connectivity index (χ1) is 9.02. The number of amides is 1. The van der Waals surface area contributed by atoms with Crippen molar-refractivity contribution in [1.82, 2.24) is 4.90 Å². The van der Waals surface area contributed by atoms with E-state index in [0.29, 0.717) is 13.0 Å². The predicted molar refractivity (Wildman–Crippen MR) is 61.4 cm³/mol. The van der Waals surface area contributed by atoms with Gasteiger partial charge in [0, 0.05) is 13.1 Å². The number of carbonyl (C=O) groups is 2. The van der Waals surface area contributed by atoms with E-state index in [9.17, 15) is 19.7 Å². The number of furan rings is 1. The summed E-state index contributed by atoms with van der Waals surface area (Å²) in [6.07, 6.45) is 0.515. The summed E-state index contributed by atoms with van der Waals surface area (Å²) in [6, 6.07) is 2.38. The second-order valence-electron chi connectivity index (χ2n) is 4.15. The number of likely N-dealkylation sites (tertiary alicyclic amines) is 1. The first kappa shape index (κ1) is 13.1. The zero-order chi connectivity index (χ0) is 14.0. The summed E-state index contributed by atoms with van der Waals surface area (Å²) in [5.74, 6) is -1.75. The van der Waals surface area contributed by atoms with Crippen molar-refractivity contribution in [3.8, 4) is 0 Å². The van der Waals surface area contributed by atoms with E-state index < -0.39 is 16.7 Å². The van der Waals surface area contributed by atoms with Gasteiger partial charge in [0.2, 0.25) is 0 Å². The van der Waals surface area contributed by atoms with Gasteiger partial charge in [-0.3, -0.25) is 19.7 Å². The number of hydrogen-bond acceptors (Lipinski definition) is 6. The zero-order valence-corrected chi connectivity index (χ0v) is 10.2. The smallest absolute Gasteiger partial charge is 0.433 e. The second kappa shape index (κ2) is 5.09. The fraction of sp³-hybridized carbons (Fsp3) is 0.455. The van der Waals surface area contributed by atoms with Gasteiger partial charge >= 0.3 is 11.9 Å². The van der Waals surface area contributed by atoms with Gasteiger partial charge in [-0.2, -0.15) is 0 Å². The molecule has 0 spiro atoms. The average Bonchev–Trinajstić information content (AvgIpc) is 3.05. The summed E-state index contributed by atoms with van der Waals surface area (Å²) in [7, 11) is 1.29. The molecule has 102 valence electrons. The van der Waals surface area contributed by atoms with E-state index >= 15 is 0 Å². The van der Waals surface area contributed by atoms with Crippen LogP contribution in [0.5, 0.6) is 0 Å². The molecule has 0 aromatic carbocycles. The Hall–Kier alpha value is -2.38. The summed E-state index contributed by atoms with van der Waals surface area (Å²) < 4.78 is 9.45. The Morgan fingerprint density at radius 3 is 2.84 bits per heavy atom. The van der Waals surface area contributed by atoms with Gasteiger partial charge in [0.05, 0.1) is 19.1 Å². The van der Waals surface area contributed by atoms with E-state index in [0.717, 1.165) is 6.07 Å². The van der Waals surface area contributed by atoms with Crippen LogP contribution >= 0.6 is 0 Å². The summed E-state index contributed by atoms with van der Waals surface area (Å²) in [5, 5.41) is 10.5. The van der Waals surface area contributed by atoms with Crippen molar-refractivity contribution >= 4 is 17.8 Å². The largest absolute Gasteiger partial charge is 0.469 e. The van der Waals surface area contributed by atoms with Crippen LogP contribution in [-0.4, -0.2) is 41.9 Å². The molecule has 1 aliphatic heterocycles. The van der Waals surface area contributed by atoms with Crippen molar-refractivity contribution in [2.45, 2.75) is 6.42 Å². The highest BCUT2D eigenvalue weighted by molar-refractivity contribution is 5.92. The molecular weight excluding hydrogens is 256 g/mol. The summed E-state index contributed by atoms with van der Waals surface area (Å²) in [5.41, 5.74) is 0. The van der Waals surface area contributed by atoms with E-state index in [1.165, 1.54) is 18.1 Å². The molecule has 1 fully saturated rings. The molecular formula is C11H12N2O6. The lowest BCUT2D eigenvalue weighted by Crippen LogP contribution is -2.29. The van der Waals surface area contributed by atoms with E-state index in [-0.39, 0.29) is 24.2 Å². The van der Waals surface area contributed by atoms with Crippen LogP contribution in [0.25, 0.3) is 0 Å². The van der Waals surface area contributed by atoms with E-state index in [1.54, 1.807) is 0 Å². The van der Waals surface area contributed by atoms with Gasteiger partial charge in [-0.1, -0.05) is 0 Å². The fourth-order valence-electron chi connectivity index (χ4n) is 2.00. The molecule has 0 aliphatic carbocycles. The molecule has 19 heavy (non-hydrogen) atoms. The summed E-state index contributed by atoms with van der Waals surface area (Å²) >= 11 is 0. The number of hydrogen-bond donors (Lipinski definition) is 0. The highest BCUT2D eigenvalue weighted by atomic mass is 16.6. The molecule has 8 nitrogen and oxygen atoms in total. The zero-order valence-electron chi connectivity index (χ0n) is 10.2. The molecule has 2 heterocycles. The van der Waals surface area contributed by atoms with Crippen LogP contribution in [0.2, 0.25) is 0 Å². The first-order valence-electron chi connectivity index (χ1n) is 5.64. The highest BCUT2D eigenvalue weighted by Gasteiger charge is 2.33. The van der Waals surface area contributed by atoms with E-state index in [2.05, 4.69) is 4.74 Å².